The zero-order valence-electron chi connectivity index (χ0n) is 14.6. The molecule has 5 nitrogen and oxygen atoms in total. The lowest BCUT2D eigenvalue weighted by Crippen LogP contribution is -2.35. The van der Waals surface area contributed by atoms with Crippen LogP contribution in [0.2, 0.25) is 0 Å². The highest BCUT2D eigenvalue weighted by molar-refractivity contribution is 5.76. The monoisotopic (exact) mass is 331 g/mol. The number of rotatable bonds is 5. The van der Waals surface area contributed by atoms with Gasteiger partial charge in [-0.15, -0.1) is 0 Å². The fourth-order valence-electron chi connectivity index (χ4n) is 4.32. The molecule has 0 radical (unpaired) electrons. The van der Waals surface area contributed by atoms with Crippen LogP contribution in [0.1, 0.15) is 101 Å². The Balaban J connectivity index is 1.43. The Morgan fingerprint density at radius 2 is 1.83 bits per heavy atom. The van der Waals surface area contributed by atoms with E-state index in [0.717, 1.165) is 44.0 Å². The van der Waals surface area contributed by atoms with Crippen molar-refractivity contribution < 1.29 is 9.32 Å². The van der Waals surface area contributed by atoms with Crippen molar-refractivity contribution in [1.29, 1.82) is 0 Å². The first kappa shape index (κ1) is 16.1. The molecule has 1 aromatic rings. The van der Waals surface area contributed by atoms with Gasteiger partial charge in [-0.25, -0.2) is 0 Å². The summed E-state index contributed by atoms with van der Waals surface area (Å²) in [5.41, 5.74) is 0. The molecule has 0 N–H and O–H groups in total. The molecule has 1 saturated heterocycles. The Kier molecular flexibility index (Phi) is 4.86. The normalized spacial score (nSPS) is 25.8. The molecule has 1 atom stereocenters. The molecule has 5 heteroatoms. The maximum atomic E-state index is 12.9. The summed E-state index contributed by atoms with van der Waals surface area (Å²) in [6.07, 6.45) is 13.8. The molecule has 24 heavy (non-hydrogen) atoms. The molecule has 3 fully saturated rings. The Bertz CT molecular complexity index is 561. The summed E-state index contributed by atoms with van der Waals surface area (Å²) in [7, 11) is 0. The second-order valence-electron chi connectivity index (χ2n) is 7.91. The van der Waals surface area contributed by atoms with Gasteiger partial charge in [-0.05, 0) is 38.0 Å². The summed E-state index contributed by atoms with van der Waals surface area (Å²) in [6.45, 7) is 0.843. The summed E-state index contributed by atoms with van der Waals surface area (Å²) in [5, 5.41) is 4.16. The van der Waals surface area contributed by atoms with Gasteiger partial charge in [-0.3, -0.25) is 4.79 Å². The third kappa shape index (κ3) is 3.65. The Hall–Kier alpha value is -1.39. The van der Waals surface area contributed by atoms with Gasteiger partial charge in [0, 0.05) is 18.9 Å². The highest BCUT2D eigenvalue weighted by atomic mass is 16.5. The summed E-state index contributed by atoms with van der Waals surface area (Å²) in [6, 6.07) is 0.00331. The van der Waals surface area contributed by atoms with E-state index >= 15 is 0 Å². The Labute approximate surface area is 144 Å². The average molecular weight is 331 g/mol. The van der Waals surface area contributed by atoms with Crippen LogP contribution in [0.5, 0.6) is 0 Å². The molecule has 2 heterocycles. The van der Waals surface area contributed by atoms with Gasteiger partial charge in [0.25, 0.3) is 0 Å². The van der Waals surface area contributed by atoms with Crippen molar-refractivity contribution in [2.45, 2.75) is 89.0 Å². The van der Waals surface area contributed by atoms with Crippen molar-refractivity contribution in [2.24, 2.45) is 5.92 Å². The summed E-state index contributed by atoms with van der Waals surface area (Å²) in [4.78, 5) is 19.6. The number of nitrogens with zero attached hydrogens (tertiary/aromatic N) is 3. The van der Waals surface area contributed by atoms with E-state index in [2.05, 4.69) is 10.1 Å². The van der Waals surface area contributed by atoms with Crippen molar-refractivity contribution >= 4 is 5.91 Å². The number of amides is 1. The molecule has 2 aliphatic carbocycles. The van der Waals surface area contributed by atoms with E-state index < -0.39 is 0 Å². The number of aromatic nitrogens is 2. The van der Waals surface area contributed by atoms with E-state index in [1.807, 2.05) is 4.90 Å². The lowest BCUT2D eigenvalue weighted by molar-refractivity contribution is -0.134. The second kappa shape index (κ2) is 7.24. The predicted octanol–water partition coefficient (Wildman–Crippen LogP) is 4.36. The van der Waals surface area contributed by atoms with E-state index in [1.54, 1.807) is 0 Å². The molecular weight excluding hydrogens is 302 g/mol. The van der Waals surface area contributed by atoms with Crippen molar-refractivity contribution in [2.75, 3.05) is 6.54 Å². The number of likely N-dealkylation sites (tertiary alicyclic amines) is 1. The van der Waals surface area contributed by atoms with E-state index in [1.165, 1.54) is 44.9 Å². The Morgan fingerprint density at radius 3 is 2.62 bits per heavy atom. The predicted molar refractivity (Wildman–Crippen MR) is 90.4 cm³/mol. The van der Waals surface area contributed by atoms with Gasteiger partial charge < -0.3 is 9.42 Å². The molecule has 0 unspecified atom stereocenters. The quantitative estimate of drug-likeness (QED) is 0.804. The summed E-state index contributed by atoms with van der Waals surface area (Å²) in [5.74, 6) is 3.09. The van der Waals surface area contributed by atoms with Crippen LogP contribution in [0.3, 0.4) is 0 Å². The van der Waals surface area contributed by atoms with Crippen LogP contribution in [0.25, 0.3) is 0 Å². The summed E-state index contributed by atoms with van der Waals surface area (Å²) < 4.78 is 5.56. The minimum absolute atomic E-state index is 0.00331. The first-order chi connectivity index (χ1) is 11.8. The topological polar surface area (TPSA) is 59.2 Å². The SMILES string of the molecule is O=C(CCC1CCCC1)N1CCCCC[C@H]1c1nc(C2CC2)no1. The van der Waals surface area contributed by atoms with Crippen LogP contribution in [0.4, 0.5) is 0 Å². The maximum absolute atomic E-state index is 12.9. The lowest BCUT2D eigenvalue weighted by atomic mass is 10.0. The molecule has 0 aromatic carbocycles. The number of hydrogen-bond donors (Lipinski definition) is 0. The van der Waals surface area contributed by atoms with Crippen molar-refractivity contribution in [1.82, 2.24) is 15.0 Å². The standard InChI is InChI=1S/C19H29N3O2/c23-17(12-9-14-6-3-4-7-14)22-13-5-1-2-8-16(22)19-20-18(21-24-19)15-10-11-15/h14-16H,1-13H2/t16-/m0/s1. The van der Waals surface area contributed by atoms with Crippen LogP contribution < -0.4 is 0 Å². The molecule has 0 bridgehead atoms. The zero-order chi connectivity index (χ0) is 16.4. The van der Waals surface area contributed by atoms with Crippen LogP contribution in [0, 0.1) is 5.92 Å². The van der Waals surface area contributed by atoms with Crippen molar-refractivity contribution in [3.8, 4) is 0 Å². The molecule has 4 rings (SSSR count). The van der Waals surface area contributed by atoms with Crippen LogP contribution >= 0.6 is 0 Å². The molecule has 0 spiro atoms. The minimum atomic E-state index is 0.00331. The third-order valence-corrected chi connectivity index (χ3v) is 6.00. The Morgan fingerprint density at radius 1 is 1.04 bits per heavy atom. The number of hydrogen-bond acceptors (Lipinski definition) is 4. The minimum Gasteiger partial charge on any atom is -0.337 e. The molecule has 3 aliphatic rings. The van der Waals surface area contributed by atoms with Crippen molar-refractivity contribution in [3.05, 3.63) is 11.7 Å². The smallest absolute Gasteiger partial charge is 0.249 e. The first-order valence-corrected chi connectivity index (χ1v) is 9.94. The number of carbonyl (C=O) groups is 1. The molecule has 2 saturated carbocycles. The fourth-order valence-corrected chi connectivity index (χ4v) is 4.32. The molecule has 132 valence electrons. The largest absolute Gasteiger partial charge is 0.337 e. The van der Waals surface area contributed by atoms with Gasteiger partial charge in [0.05, 0.1) is 0 Å². The van der Waals surface area contributed by atoms with Gasteiger partial charge in [0.15, 0.2) is 5.82 Å². The molecule has 1 aromatic heterocycles. The van der Waals surface area contributed by atoms with Crippen LogP contribution in [-0.4, -0.2) is 27.5 Å². The maximum Gasteiger partial charge on any atom is 0.249 e. The highest BCUT2D eigenvalue weighted by Gasteiger charge is 2.34. The van der Waals surface area contributed by atoms with Gasteiger partial charge in [0.2, 0.25) is 11.8 Å². The van der Waals surface area contributed by atoms with Crippen LogP contribution in [0.15, 0.2) is 4.52 Å². The van der Waals surface area contributed by atoms with E-state index in [0.29, 0.717) is 24.1 Å². The van der Waals surface area contributed by atoms with Crippen LogP contribution in [-0.2, 0) is 4.79 Å². The average Bonchev–Trinajstić information content (AvgIpc) is 3.19. The highest BCUT2D eigenvalue weighted by Crippen LogP contribution is 2.39. The van der Waals surface area contributed by atoms with E-state index in [9.17, 15) is 4.79 Å². The second-order valence-corrected chi connectivity index (χ2v) is 7.91. The lowest BCUT2D eigenvalue weighted by Gasteiger charge is -2.28. The van der Waals surface area contributed by atoms with Gasteiger partial charge in [-0.2, -0.15) is 4.98 Å². The van der Waals surface area contributed by atoms with Crippen molar-refractivity contribution in [3.63, 3.8) is 0 Å². The first-order valence-electron chi connectivity index (χ1n) is 9.94. The molecule has 1 amide bonds. The van der Waals surface area contributed by atoms with Gasteiger partial charge in [-0.1, -0.05) is 43.7 Å². The molecule has 1 aliphatic heterocycles. The molecular formula is C19H29N3O2. The summed E-state index contributed by atoms with van der Waals surface area (Å²) >= 11 is 0. The van der Waals surface area contributed by atoms with E-state index in [4.69, 9.17) is 4.52 Å². The van der Waals surface area contributed by atoms with E-state index in [-0.39, 0.29) is 6.04 Å². The number of carbonyl (C=O) groups excluding carboxylic acids is 1. The third-order valence-electron chi connectivity index (χ3n) is 6.00. The van der Waals surface area contributed by atoms with Gasteiger partial charge >= 0.3 is 0 Å². The fraction of sp³-hybridized carbons (Fsp3) is 0.842. The zero-order valence-corrected chi connectivity index (χ0v) is 14.6. The van der Waals surface area contributed by atoms with Gasteiger partial charge in [0.1, 0.15) is 6.04 Å².